The van der Waals surface area contributed by atoms with Gasteiger partial charge in [-0.25, -0.2) is 0 Å². The first-order chi connectivity index (χ1) is 9.45. The van der Waals surface area contributed by atoms with E-state index in [1.165, 1.54) is 6.08 Å². The molecule has 0 aliphatic rings. The van der Waals surface area contributed by atoms with E-state index in [2.05, 4.69) is 0 Å². The fourth-order valence-corrected chi connectivity index (χ4v) is 1.90. The minimum Gasteiger partial charge on any atom is -0.378 e. The van der Waals surface area contributed by atoms with Gasteiger partial charge in [-0.2, -0.15) is 0 Å². The van der Waals surface area contributed by atoms with Crippen LogP contribution in [0.5, 0.6) is 0 Å². The molecule has 3 nitrogen and oxygen atoms in total. The van der Waals surface area contributed by atoms with E-state index in [4.69, 9.17) is 0 Å². The second-order valence-corrected chi connectivity index (χ2v) is 5.00. The molecule has 0 aromatic heterocycles. The first kappa shape index (κ1) is 15.9. The van der Waals surface area contributed by atoms with Gasteiger partial charge in [-0.15, -0.1) is 0 Å². The summed E-state index contributed by atoms with van der Waals surface area (Å²) in [4.78, 5) is 24.5. The van der Waals surface area contributed by atoms with Gasteiger partial charge < -0.3 is 4.90 Å². The van der Waals surface area contributed by atoms with Crippen LogP contribution in [-0.2, 0) is 4.79 Å². The average Bonchev–Trinajstić information content (AvgIpc) is 2.44. The van der Waals surface area contributed by atoms with Gasteiger partial charge in [-0.05, 0) is 37.3 Å². The lowest BCUT2D eigenvalue weighted by Gasteiger charge is -2.13. The SMILES string of the molecule is CC(C=CC=O)=CC(C)C(=O)c1ccc(N(C)C)cc1. The highest BCUT2D eigenvalue weighted by molar-refractivity contribution is 5.99. The Balaban J connectivity index is 2.83. The van der Waals surface area contributed by atoms with Crippen LogP contribution in [0.15, 0.2) is 48.1 Å². The summed E-state index contributed by atoms with van der Waals surface area (Å²) in [7, 11) is 3.93. The summed E-state index contributed by atoms with van der Waals surface area (Å²) in [5, 5.41) is 0. The van der Waals surface area contributed by atoms with Crippen LogP contribution in [-0.4, -0.2) is 26.2 Å². The highest BCUT2D eigenvalue weighted by atomic mass is 16.1. The molecule has 1 atom stereocenters. The number of ketones is 1. The molecule has 20 heavy (non-hydrogen) atoms. The maximum Gasteiger partial charge on any atom is 0.169 e. The van der Waals surface area contributed by atoms with Crippen molar-refractivity contribution in [3.8, 4) is 0 Å². The molecule has 0 aliphatic heterocycles. The van der Waals surface area contributed by atoms with Crippen LogP contribution in [0.1, 0.15) is 24.2 Å². The van der Waals surface area contributed by atoms with E-state index < -0.39 is 0 Å². The van der Waals surface area contributed by atoms with Gasteiger partial charge >= 0.3 is 0 Å². The van der Waals surface area contributed by atoms with Crippen molar-refractivity contribution in [2.75, 3.05) is 19.0 Å². The van der Waals surface area contributed by atoms with E-state index in [1.54, 1.807) is 6.08 Å². The lowest BCUT2D eigenvalue weighted by molar-refractivity contribution is -0.104. The van der Waals surface area contributed by atoms with Crippen LogP contribution in [0.25, 0.3) is 0 Å². The Bertz CT molecular complexity index is 524. The zero-order valence-electron chi connectivity index (χ0n) is 12.5. The highest BCUT2D eigenvalue weighted by Gasteiger charge is 2.12. The summed E-state index contributed by atoms with van der Waals surface area (Å²) in [5.74, 6) is -0.134. The number of carbonyl (C=O) groups is 2. The second-order valence-electron chi connectivity index (χ2n) is 5.00. The quantitative estimate of drug-likeness (QED) is 0.345. The Kier molecular flexibility index (Phi) is 5.91. The Morgan fingerprint density at radius 1 is 1.20 bits per heavy atom. The molecule has 1 unspecified atom stereocenters. The Morgan fingerprint density at radius 2 is 1.80 bits per heavy atom. The van der Waals surface area contributed by atoms with E-state index in [9.17, 15) is 9.59 Å². The van der Waals surface area contributed by atoms with Crippen molar-refractivity contribution < 1.29 is 9.59 Å². The molecule has 0 saturated heterocycles. The van der Waals surface area contributed by atoms with Crippen molar-refractivity contribution in [1.29, 1.82) is 0 Å². The molecule has 0 heterocycles. The molecule has 3 heteroatoms. The third kappa shape index (κ3) is 4.50. The van der Waals surface area contributed by atoms with Crippen LogP contribution < -0.4 is 4.90 Å². The zero-order valence-corrected chi connectivity index (χ0v) is 12.5. The summed E-state index contributed by atoms with van der Waals surface area (Å²) < 4.78 is 0. The molecule has 106 valence electrons. The number of hydrogen-bond donors (Lipinski definition) is 0. The number of allylic oxidation sites excluding steroid dienone is 4. The first-order valence-corrected chi connectivity index (χ1v) is 6.57. The maximum absolute atomic E-state index is 12.3. The topological polar surface area (TPSA) is 37.4 Å². The fraction of sp³-hybridized carbons (Fsp3) is 0.294. The number of nitrogens with zero attached hydrogens (tertiary/aromatic N) is 1. The minimum atomic E-state index is -0.212. The number of carbonyl (C=O) groups excluding carboxylic acids is 2. The monoisotopic (exact) mass is 271 g/mol. The summed E-state index contributed by atoms with van der Waals surface area (Å²) in [6.45, 7) is 3.74. The third-order valence-corrected chi connectivity index (χ3v) is 3.03. The second kappa shape index (κ2) is 7.43. The highest BCUT2D eigenvalue weighted by Crippen LogP contribution is 2.16. The summed E-state index contributed by atoms with van der Waals surface area (Å²) >= 11 is 0. The van der Waals surface area contributed by atoms with Gasteiger partial charge in [0.25, 0.3) is 0 Å². The van der Waals surface area contributed by atoms with Crippen molar-refractivity contribution in [3.63, 3.8) is 0 Å². The molecule has 0 N–H and O–H groups in total. The molecule has 0 amide bonds. The lowest BCUT2D eigenvalue weighted by Crippen LogP contribution is -2.11. The van der Waals surface area contributed by atoms with E-state index in [0.717, 1.165) is 17.5 Å². The van der Waals surface area contributed by atoms with E-state index >= 15 is 0 Å². The Morgan fingerprint density at radius 3 is 2.30 bits per heavy atom. The van der Waals surface area contributed by atoms with E-state index in [-0.39, 0.29) is 11.7 Å². The predicted octanol–water partition coefficient (Wildman–Crippen LogP) is 3.27. The van der Waals surface area contributed by atoms with Gasteiger partial charge in [0.05, 0.1) is 0 Å². The van der Waals surface area contributed by atoms with Crippen LogP contribution >= 0.6 is 0 Å². The zero-order chi connectivity index (χ0) is 15.1. The van der Waals surface area contributed by atoms with Crippen LogP contribution in [0.4, 0.5) is 5.69 Å². The van der Waals surface area contributed by atoms with Crippen molar-refractivity contribution in [2.24, 2.45) is 5.92 Å². The predicted molar refractivity (Wildman–Crippen MR) is 83.2 cm³/mol. The Labute approximate surface area is 120 Å². The number of aldehydes is 1. The third-order valence-electron chi connectivity index (χ3n) is 3.03. The van der Waals surface area contributed by atoms with Gasteiger partial charge in [-0.3, -0.25) is 9.59 Å². The summed E-state index contributed by atoms with van der Waals surface area (Å²) in [6.07, 6.45) is 5.72. The van der Waals surface area contributed by atoms with Gasteiger partial charge in [0.2, 0.25) is 0 Å². The van der Waals surface area contributed by atoms with Crippen molar-refractivity contribution in [1.82, 2.24) is 0 Å². The number of Topliss-reactive ketones (excluding diaryl/α,β-unsaturated/α-hetero) is 1. The van der Waals surface area contributed by atoms with Crippen LogP contribution in [0.2, 0.25) is 0 Å². The van der Waals surface area contributed by atoms with Gasteiger partial charge in [0.15, 0.2) is 5.78 Å². The number of hydrogen-bond acceptors (Lipinski definition) is 3. The largest absolute Gasteiger partial charge is 0.378 e. The maximum atomic E-state index is 12.3. The van der Waals surface area contributed by atoms with Crippen molar-refractivity contribution in [2.45, 2.75) is 13.8 Å². The first-order valence-electron chi connectivity index (χ1n) is 6.57. The fourth-order valence-electron chi connectivity index (χ4n) is 1.90. The molecule has 0 aliphatic carbocycles. The lowest BCUT2D eigenvalue weighted by atomic mass is 9.97. The van der Waals surface area contributed by atoms with Gasteiger partial charge in [0.1, 0.15) is 6.29 Å². The molecular formula is C17H21NO2. The van der Waals surface area contributed by atoms with Gasteiger partial charge in [-0.1, -0.05) is 24.6 Å². The molecule has 0 saturated carbocycles. The number of benzene rings is 1. The van der Waals surface area contributed by atoms with E-state index in [0.29, 0.717) is 5.56 Å². The summed E-state index contributed by atoms with van der Waals surface area (Å²) in [5.41, 5.74) is 2.67. The molecule has 0 spiro atoms. The van der Waals surface area contributed by atoms with E-state index in [1.807, 2.05) is 63.2 Å². The van der Waals surface area contributed by atoms with Crippen LogP contribution in [0, 0.1) is 5.92 Å². The summed E-state index contributed by atoms with van der Waals surface area (Å²) in [6, 6.07) is 7.56. The van der Waals surface area contributed by atoms with Crippen molar-refractivity contribution in [3.05, 3.63) is 53.6 Å². The Hall–Kier alpha value is -2.16. The number of rotatable bonds is 6. The molecule has 1 aromatic carbocycles. The van der Waals surface area contributed by atoms with Gasteiger partial charge in [0, 0.05) is 31.3 Å². The average molecular weight is 271 g/mol. The molecular weight excluding hydrogens is 250 g/mol. The minimum absolute atomic E-state index is 0.0779. The van der Waals surface area contributed by atoms with Crippen molar-refractivity contribution >= 4 is 17.8 Å². The molecule has 0 fully saturated rings. The molecule has 1 rings (SSSR count). The normalized spacial score (nSPS) is 13.3. The number of anilines is 1. The molecule has 1 aromatic rings. The molecule has 0 radical (unpaired) electrons. The standard InChI is InChI=1S/C17H21NO2/c1-13(6-5-11-19)12-14(2)17(20)15-7-9-16(10-8-15)18(3)4/h5-12,14H,1-4H3. The van der Waals surface area contributed by atoms with Crippen LogP contribution in [0.3, 0.4) is 0 Å². The smallest absolute Gasteiger partial charge is 0.169 e. The molecule has 0 bridgehead atoms.